The fourth-order valence-electron chi connectivity index (χ4n) is 4.19. The number of nitrogens with one attached hydrogen (secondary N) is 2. The van der Waals surface area contributed by atoms with Gasteiger partial charge in [-0.1, -0.05) is 19.4 Å². The highest BCUT2D eigenvalue weighted by Crippen LogP contribution is 2.33. The molecule has 1 aliphatic carbocycles. The average Bonchev–Trinajstić information content (AvgIpc) is 2.95. The molecular weight excluding hydrogens is 346 g/mol. The third-order valence-electron chi connectivity index (χ3n) is 5.48. The van der Waals surface area contributed by atoms with Crippen molar-refractivity contribution in [3.63, 3.8) is 0 Å². The van der Waals surface area contributed by atoms with Crippen LogP contribution in [-0.2, 0) is 4.79 Å². The Morgan fingerprint density at radius 2 is 2.04 bits per heavy atom. The maximum Gasteiger partial charge on any atom is 0.220 e. The fraction of sp³-hybridized carbons (Fsp3) is 0.632. The van der Waals surface area contributed by atoms with Gasteiger partial charge < -0.3 is 10.6 Å². The van der Waals surface area contributed by atoms with Gasteiger partial charge in [-0.3, -0.25) is 4.79 Å². The molecule has 4 atom stereocenters. The zero-order valence-electron chi connectivity index (χ0n) is 14.6. The van der Waals surface area contributed by atoms with Crippen LogP contribution in [0.2, 0.25) is 0 Å². The first-order chi connectivity index (χ1) is 11.5. The molecule has 1 heterocycles. The molecule has 1 saturated heterocycles. The van der Waals surface area contributed by atoms with E-state index in [1.165, 1.54) is 18.6 Å². The Bertz CT molecular complexity index is 599. The van der Waals surface area contributed by atoms with E-state index in [0.717, 1.165) is 31.4 Å². The van der Waals surface area contributed by atoms with Gasteiger partial charge in [0.2, 0.25) is 5.91 Å². The van der Waals surface area contributed by atoms with Crippen LogP contribution in [-0.4, -0.2) is 25.0 Å². The number of hydrogen-bond donors (Lipinski definition) is 2. The van der Waals surface area contributed by atoms with Gasteiger partial charge in [-0.15, -0.1) is 12.4 Å². The van der Waals surface area contributed by atoms with Gasteiger partial charge in [0, 0.05) is 24.9 Å². The molecule has 6 heteroatoms. The van der Waals surface area contributed by atoms with Crippen molar-refractivity contribution in [2.45, 2.75) is 51.0 Å². The van der Waals surface area contributed by atoms with E-state index in [9.17, 15) is 13.6 Å². The minimum atomic E-state index is -0.830. The molecule has 140 valence electrons. The third-order valence-corrected chi connectivity index (χ3v) is 5.48. The summed E-state index contributed by atoms with van der Waals surface area (Å²) in [5.74, 6) is -0.352. The molecule has 1 saturated carbocycles. The van der Waals surface area contributed by atoms with Gasteiger partial charge in [0.25, 0.3) is 0 Å². The first-order valence-corrected chi connectivity index (χ1v) is 8.98. The summed E-state index contributed by atoms with van der Waals surface area (Å²) in [5.41, 5.74) is 0.759. The van der Waals surface area contributed by atoms with E-state index in [-0.39, 0.29) is 30.3 Å². The van der Waals surface area contributed by atoms with E-state index in [1.807, 2.05) is 0 Å². The van der Waals surface area contributed by atoms with Gasteiger partial charge in [0.15, 0.2) is 11.6 Å². The van der Waals surface area contributed by atoms with Gasteiger partial charge in [0.05, 0.1) is 0 Å². The monoisotopic (exact) mass is 372 g/mol. The molecule has 2 N–H and O–H groups in total. The van der Waals surface area contributed by atoms with Gasteiger partial charge in [-0.25, -0.2) is 8.78 Å². The molecule has 0 aromatic heterocycles. The molecule has 2 fully saturated rings. The number of carbonyl (C=O) groups is 1. The first-order valence-electron chi connectivity index (χ1n) is 8.98. The lowest BCUT2D eigenvalue weighted by molar-refractivity contribution is -0.123. The number of benzene rings is 1. The van der Waals surface area contributed by atoms with Crippen LogP contribution >= 0.6 is 12.4 Å². The number of piperidine rings is 1. The Balaban J connectivity index is 0.00000225. The predicted molar refractivity (Wildman–Crippen MR) is 96.9 cm³/mol. The van der Waals surface area contributed by atoms with Crippen molar-refractivity contribution in [2.75, 3.05) is 13.1 Å². The second kappa shape index (κ2) is 8.95. The summed E-state index contributed by atoms with van der Waals surface area (Å²) in [6, 6.07) is 4.00. The highest BCUT2D eigenvalue weighted by Gasteiger charge is 2.30. The van der Waals surface area contributed by atoms with Crippen LogP contribution in [0.25, 0.3) is 0 Å². The van der Waals surface area contributed by atoms with E-state index < -0.39 is 11.6 Å². The van der Waals surface area contributed by atoms with Crippen molar-refractivity contribution in [1.82, 2.24) is 10.6 Å². The normalized spacial score (nSPS) is 29.1. The van der Waals surface area contributed by atoms with Crippen LogP contribution in [0.4, 0.5) is 8.78 Å². The first kappa shape index (κ1) is 20.1. The highest BCUT2D eigenvalue weighted by atomic mass is 35.5. The lowest BCUT2D eigenvalue weighted by atomic mass is 9.85. The number of hydrogen-bond acceptors (Lipinski definition) is 2. The molecule has 1 aliphatic heterocycles. The number of halogens is 3. The summed E-state index contributed by atoms with van der Waals surface area (Å²) in [6.07, 6.45) is 4.84. The number of carbonyl (C=O) groups excluding carboxylic acids is 1. The maximum atomic E-state index is 13.6. The van der Waals surface area contributed by atoms with Crippen LogP contribution in [0, 0.1) is 23.5 Å². The summed E-state index contributed by atoms with van der Waals surface area (Å²) in [6.45, 7) is 3.72. The van der Waals surface area contributed by atoms with E-state index in [0.29, 0.717) is 24.8 Å². The Morgan fingerprint density at radius 1 is 1.24 bits per heavy atom. The van der Waals surface area contributed by atoms with Gasteiger partial charge in [-0.2, -0.15) is 0 Å². The van der Waals surface area contributed by atoms with Crippen molar-refractivity contribution >= 4 is 18.3 Å². The molecule has 0 radical (unpaired) electrons. The Morgan fingerprint density at radius 3 is 2.72 bits per heavy atom. The van der Waals surface area contributed by atoms with Crippen molar-refractivity contribution < 1.29 is 13.6 Å². The Labute approximate surface area is 154 Å². The molecule has 0 spiro atoms. The third kappa shape index (κ3) is 5.14. The second-order valence-corrected chi connectivity index (χ2v) is 7.44. The lowest BCUT2D eigenvalue weighted by Crippen LogP contribution is -2.50. The van der Waals surface area contributed by atoms with Crippen molar-refractivity contribution in [3.05, 3.63) is 35.4 Å². The summed E-state index contributed by atoms with van der Waals surface area (Å²) in [7, 11) is 0. The zero-order chi connectivity index (χ0) is 17.1. The lowest BCUT2D eigenvalue weighted by Gasteiger charge is -2.33. The molecule has 2 aliphatic rings. The van der Waals surface area contributed by atoms with Crippen LogP contribution in [0.3, 0.4) is 0 Å². The van der Waals surface area contributed by atoms with E-state index >= 15 is 0 Å². The van der Waals surface area contributed by atoms with Crippen molar-refractivity contribution in [3.8, 4) is 0 Å². The van der Waals surface area contributed by atoms with E-state index in [4.69, 9.17) is 0 Å². The molecule has 3 rings (SSSR count). The zero-order valence-corrected chi connectivity index (χ0v) is 15.4. The minimum absolute atomic E-state index is 0. The minimum Gasteiger partial charge on any atom is -0.351 e. The number of rotatable bonds is 4. The van der Waals surface area contributed by atoms with Gasteiger partial charge >= 0.3 is 0 Å². The quantitative estimate of drug-likeness (QED) is 0.844. The standard InChI is InChI=1S/C19H26F2N2O.ClH/c1-12-2-3-13(8-12)9-19(24)23-18-11-22-7-6-15(18)14-4-5-16(20)17(21)10-14;/h4-5,10,12-13,15,18,22H,2-3,6-9,11H2,1H3,(H,23,24);1H. The smallest absolute Gasteiger partial charge is 0.220 e. The number of amides is 1. The molecule has 4 unspecified atom stereocenters. The average molecular weight is 373 g/mol. The van der Waals surface area contributed by atoms with Crippen LogP contribution in [0.5, 0.6) is 0 Å². The predicted octanol–water partition coefficient (Wildman–Crippen LogP) is 3.77. The molecule has 1 amide bonds. The van der Waals surface area contributed by atoms with Crippen molar-refractivity contribution in [1.29, 1.82) is 0 Å². The fourth-order valence-corrected chi connectivity index (χ4v) is 4.19. The SMILES string of the molecule is CC1CCC(CC(=O)NC2CNCCC2c2ccc(F)c(F)c2)C1.Cl. The molecule has 25 heavy (non-hydrogen) atoms. The second-order valence-electron chi connectivity index (χ2n) is 7.44. The molecule has 1 aromatic rings. The summed E-state index contributed by atoms with van der Waals surface area (Å²) >= 11 is 0. The van der Waals surface area contributed by atoms with Crippen LogP contribution in [0.15, 0.2) is 18.2 Å². The van der Waals surface area contributed by atoms with Gasteiger partial charge in [0.1, 0.15) is 0 Å². The Kier molecular flexibility index (Phi) is 7.20. The summed E-state index contributed by atoms with van der Waals surface area (Å²) in [4.78, 5) is 12.4. The summed E-state index contributed by atoms with van der Waals surface area (Å²) < 4.78 is 26.7. The largest absolute Gasteiger partial charge is 0.351 e. The Hall–Kier alpha value is -1.20. The summed E-state index contributed by atoms with van der Waals surface area (Å²) in [5, 5.41) is 6.41. The molecule has 1 aromatic carbocycles. The molecular formula is C19H27ClF2N2O. The topological polar surface area (TPSA) is 41.1 Å². The maximum absolute atomic E-state index is 13.6. The van der Waals surface area contributed by atoms with Crippen LogP contribution in [0.1, 0.15) is 50.5 Å². The van der Waals surface area contributed by atoms with Gasteiger partial charge in [-0.05, 0) is 55.3 Å². The van der Waals surface area contributed by atoms with E-state index in [2.05, 4.69) is 17.6 Å². The highest BCUT2D eigenvalue weighted by molar-refractivity contribution is 5.85. The molecule has 3 nitrogen and oxygen atoms in total. The van der Waals surface area contributed by atoms with E-state index in [1.54, 1.807) is 6.07 Å². The van der Waals surface area contributed by atoms with Crippen molar-refractivity contribution in [2.24, 2.45) is 11.8 Å². The molecule has 0 bridgehead atoms. The van der Waals surface area contributed by atoms with Crippen LogP contribution < -0.4 is 10.6 Å².